The summed E-state index contributed by atoms with van der Waals surface area (Å²) in [5.74, 6) is -4.84. The van der Waals surface area contributed by atoms with Gasteiger partial charge in [-0.25, -0.2) is 8.78 Å². The average Bonchev–Trinajstić information content (AvgIpc) is 2.34. The molecule has 0 fully saturated rings. The minimum absolute atomic E-state index is 0.181. The molecule has 0 unspecified atom stereocenters. The van der Waals surface area contributed by atoms with Crippen molar-refractivity contribution in [2.24, 2.45) is 0 Å². The first-order valence-electron chi connectivity index (χ1n) is 5.42. The number of ketones is 1. The third-order valence-corrected chi connectivity index (χ3v) is 3.15. The summed E-state index contributed by atoms with van der Waals surface area (Å²) in [4.78, 5) is 11.5. The Balaban J connectivity index is 2.47. The minimum Gasteiger partial charge on any atom is -0.367 e. The van der Waals surface area contributed by atoms with Crippen LogP contribution >= 0.6 is 23.2 Å². The van der Waals surface area contributed by atoms with E-state index in [0.717, 1.165) is 0 Å². The van der Waals surface area contributed by atoms with Crippen LogP contribution < -0.4 is 0 Å². The number of carbonyl (C=O) groups is 1. The van der Waals surface area contributed by atoms with Gasteiger partial charge in [0.1, 0.15) is 13.2 Å². The Kier molecular flexibility index (Phi) is 6.23. The molecule has 1 aromatic carbocycles. The van der Waals surface area contributed by atoms with E-state index in [-0.39, 0.29) is 16.5 Å². The Morgan fingerprint density at radius 2 is 1.95 bits per heavy atom. The Labute approximate surface area is 122 Å². The van der Waals surface area contributed by atoms with E-state index < -0.39 is 31.3 Å². The van der Waals surface area contributed by atoms with E-state index in [9.17, 15) is 22.4 Å². The van der Waals surface area contributed by atoms with Crippen LogP contribution in [0.25, 0.3) is 0 Å². The summed E-state index contributed by atoms with van der Waals surface area (Å²) in [5, 5.41) is 0.433. The van der Waals surface area contributed by atoms with Gasteiger partial charge in [-0.2, -0.15) is 8.78 Å². The number of benzene rings is 1. The summed E-state index contributed by atoms with van der Waals surface area (Å²) in [6.07, 6.45) is -4.01. The van der Waals surface area contributed by atoms with Gasteiger partial charge >= 0.3 is 12.3 Å². The molecule has 0 atom stereocenters. The smallest absolute Gasteiger partial charge is 0.330 e. The second-order valence-electron chi connectivity index (χ2n) is 3.98. The highest BCUT2D eigenvalue weighted by Crippen LogP contribution is 2.26. The van der Waals surface area contributed by atoms with Crippen LogP contribution in [-0.2, 0) is 16.0 Å². The SMILES string of the molecule is O=C(COCC(F)(F)C(F)F)Cc1cccc(Cl)c1Cl. The maximum atomic E-state index is 12.5. The first-order valence-corrected chi connectivity index (χ1v) is 6.18. The van der Waals surface area contributed by atoms with Crippen LogP contribution in [0.5, 0.6) is 0 Å². The zero-order chi connectivity index (χ0) is 15.3. The molecule has 0 aliphatic heterocycles. The summed E-state index contributed by atoms with van der Waals surface area (Å²) in [5.41, 5.74) is 0.411. The number of Topliss-reactive ketones (excluding diaryl/α,β-unsaturated/α-hetero) is 1. The van der Waals surface area contributed by atoms with Crippen molar-refractivity contribution in [1.82, 2.24) is 0 Å². The summed E-state index contributed by atoms with van der Waals surface area (Å²) >= 11 is 11.6. The first-order chi connectivity index (χ1) is 9.24. The van der Waals surface area contributed by atoms with Crippen LogP contribution in [-0.4, -0.2) is 31.3 Å². The molecule has 0 saturated heterocycles. The predicted octanol–water partition coefficient (Wildman–Crippen LogP) is 4.02. The maximum Gasteiger partial charge on any atom is 0.330 e. The van der Waals surface area contributed by atoms with Crippen LogP contribution in [0.3, 0.4) is 0 Å². The lowest BCUT2D eigenvalue weighted by molar-refractivity contribution is -0.168. The van der Waals surface area contributed by atoms with Gasteiger partial charge in [-0.3, -0.25) is 4.79 Å². The summed E-state index contributed by atoms with van der Waals surface area (Å²) in [7, 11) is 0. The quantitative estimate of drug-likeness (QED) is 0.705. The molecule has 1 aromatic rings. The number of alkyl halides is 4. The molecule has 0 bridgehead atoms. The highest BCUT2D eigenvalue weighted by atomic mass is 35.5. The van der Waals surface area contributed by atoms with E-state index in [0.29, 0.717) is 5.56 Å². The van der Waals surface area contributed by atoms with Gasteiger partial charge in [0.25, 0.3) is 0 Å². The zero-order valence-corrected chi connectivity index (χ0v) is 11.5. The third kappa shape index (κ3) is 4.92. The van der Waals surface area contributed by atoms with Crippen molar-refractivity contribution in [2.45, 2.75) is 18.8 Å². The van der Waals surface area contributed by atoms with Gasteiger partial charge in [0.05, 0.1) is 10.0 Å². The van der Waals surface area contributed by atoms with Crippen molar-refractivity contribution in [3.8, 4) is 0 Å². The summed E-state index contributed by atoms with van der Waals surface area (Å²) in [6.45, 7) is -2.22. The molecule has 0 saturated carbocycles. The fourth-order valence-corrected chi connectivity index (χ4v) is 1.70. The molecular formula is C12H10Cl2F4O2. The predicted molar refractivity (Wildman–Crippen MR) is 66.9 cm³/mol. The van der Waals surface area contributed by atoms with Gasteiger partial charge in [-0.1, -0.05) is 35.3 Å². The van der Waals surface area contributed by atoms with Gasteiger partial charge in [-0.05, 0) is 11.6 Å². The van der Waals surface area contributed by atoms with Gasteiger partial charge < -0.3 is 4.74 Å². The van der Waals surface area contributed by atoms with E-state index in [4.69, 9.17) is 23.2 Å². The van der Waals surface area contributed by atoms with E-state index >= 15 is 0 Å². The molecule has 0 aliphatic rings. The van der Waals surface area contributed by atoms with E-state index in [2.05, 4.69) is 4.74 Å². The van der Waals surface area contributed by atoms with Crippen LogP contribution in [0.15, 0.2) is 18.2 Å². The Hall–Kier alpha value is -0.850. The molecule has 8 heteroatoms. The standard InChI is InChI=1S/C12H10Cl2F4O2/c13-9-3-1-2-7(10(9)14)4-8(19)5-20-6-12(17,18)11(15)16/h1-3,11H,4-6H2. The number of carbonyl (C=O) groups excluding carboxylic acids is 1. The van der Waals surface area contributed by atoms with E-state index in [1.807, 2.05) is 0 Å². The summed E-state index contributed by atoms with van der Waals surface area (Å²) in [6, 6.07) is 4.64. The molecule has 0 radical (unpaired) electrons. The van der Waals surface area contributed by atoms with E-state index in [1.54, 1.807) is 12.1 Å². The number of rotatable bonds is 7. The van der Waals surface area contributed by atoms with Crippen LogP contribution in [0.1, 0.15) is 5.56 Å². The molecule has 1 rings (SSSR count). The second-order valence-corrected chi connectivity index (χ2v) is 4.77. The third-order valence-electron chi connectivity index (χ3n) is 2.30. The van der Waals surface area contributed by atoms with Crippen LogP contribution in [0, 0.1) is 0 Å². The lowest BCUT2D eigenvalue weighted by atomic mass is 10.1. The van der Waals surface area contributed by atoms with Crippen molar-refractivity contribution in [1.29, 1.82) is 0 Å². The lowest BCUT2D eigenvalue weighted by Gasteiger charge is -2.14. The van der Waals surface area contributed by atoms with Crippen molar-refractivity contribution in [3.63, 3.8) is 0 Å². The Morgan fingerprint density at radius 3 is 2.55 bits per heavy atom. The van der Waals surface area contributed by atoms with Crippen molar-refractivity contribution in [3.05, 3.63) is 33.8 Å². The van der Waals surface area contributed by atoms with Crippen molar-refractivity contribution < 1.29 is 27.1 Å². The zero-order valence-electron chi connectivity index (χ0n) is 10.0. The highest BCUT2D eigenvalue weighted by Gasteiger charge is 2.41. The number of ether oxygens (including phenoxy) is 1. The largest absolute Gasteiger partial charge is 0.367 e. The molecule has 0 aromatic heterocycles. The van der Waals surface area contributed by atoms with Gasteiger partial charge in [0, 0.05) is 6.42 Å². The number of halogens is 6. The number of hydrogen-bond acceptors (Lipinski definition) is 2. The molecule has 0 aliphatic carbocycles. The molecule has 0 spiro atoms. The molecular weight excluding hydrogens is 323 g/mol. The number of hydrogen-bond donors (Lipinski definition) is 0. The molecule has 112 valence electrons. The van der Waals surface area contributed by atoms with Gasteiger partial charge in [-0.15, -0.1) is 0 Å². The first kappa shape index (κ1) is 17.2. The molecule has 0 amide bonds. The topological polar surface area (TPSA) is 26.3 Å². The van der Waals surface area contributed by atoms with Crippen LogP contribution in [0.4, 0.5) is 17.6 Å². The minimum atomic E-state index is -4.27. The van der Waals surface area contributed by atoms with Gasteiger partial charge in [0.2, 0.25) is 0 Å². The van der Waals surface area contributed by atoms with E-state index in [1.165, 1.54) is 6.07 Å². The fourth-order valence-electron chi connectivity index (χ4n) is 1.31. The lowest BCUT2D eigenvalue weighted by Crippen LogP contribution is -2.33. The second kappa shape index (κ2) is 7.24. The maximum absolute atomic E-state index is 12.5. The van der Waals surface area contributed by atoms with Crippen molar-refractivity contribution >= 4 is 29.0 Å². The normalized spacial score (nSPS) is 11.9. The van der Waals surface area contributed by atoms with Gasteiger partial charge in [0.15, 0.2) is 5.78 Å². The molecule has 0 N–H and O–H groups in total. The molecule has 0 heterocycles. The Bertz CT molecular complexity index is 481. The van der Waals surface area contributed by atoms with Crippen LogP contribution in [0.2, 0.25) is 10.0 Å². The fraction of sp³-hybridized carbons (Fsp3) is 0.417. The monoisotopic (exact) mass is 332 g/mol. The average molecular weight is 333 g/mol. The summed E-state index contributed by atoms with van der Waals surface area (Å²) < 4.78 is 53.0. The highest BCUT2D eigenvalue weighted by molar-refractivity contribution is 6.42. The molecule has 2 nitrogen and oxygen atoms in total. The van der Waals surface area contributed by atoms with Crippen molar-refractivity contribution in [2.75, 3.05) is 13.2 Å². The molecule has 20 heavy (non-hydrogen) atoms. The Morgan fingerprint density at radius 1 is 1.30 bits per heavy atom.